The minimum atomic E-state index is -0.259. The van der Waals surface area contributed by atoms with Crippen LogP contribution in [0.15, 0.2) is 18.2 Å². The van der Waals surface area contributed by atoms with Crippen LogP contribution < -0.4 is 11.1 Å². The van der Waals surface area contributed by atoms with Gasteiger partial charge < -0.3 is 11.1 Å². The third-order valence-electron chi connectivity index (χ3n) is 2.81. The van der Waals surface area contributed by atoms with Crippen LogP contribution in [0, 0.1) is 13.8 Å². The first-order chi connectivity index (χ1) is 8.04. The van der Waals surface area contributed by atoms with E-state index in [4.69, 9.17) is 5.73 Å². The molecule has 0 heterocycles. The Morgan fingerprint density at radius 1 is 1.41 bits per heavy atom. The number of thioether (sulfide) groups is 1. The van der Waals surface area contributed by atoms with Crippen molar-refractivity contribution in [1.82, 2.24) is 5.32 Å². The Kier molecular flexibility index (Phi) is 5.51. The minimum absolute atomic E-state index is 0.259. The molecule has 17 heavy (non-hydrogen) atoms. The zero-order valence-electron chi connectivity index (χ0n) is 10.6. The van der Waals surface area contributed by atoms with E-state index in [0.717, 1.165) is 5.75 Å². The topological polar surface area (TPSA) is 55.1 Å². The normalized spacial score (nSPS) is 12.4. The van der Waals surface area contributed by atoms with Crippen LogP contribution in [0.2, 0.25) is 0 Å². The van der Waals surface area contributed by atoms with Gasteiger partial charge in [0.05, 0.1) is 5.75 Å². The lowest BCUT2D eigenvalue weighted by molar-refractivity contribution is -0.115. The summed E-state index contributed by atoms with van der Waals surface area (Å²) in [6.07, 6.45) is 0. The van der Waals surface area contributed by atoms with Gasteiger partial charge in [-0.25, -0.2) is 0 Å². The van der Waals surface area contributed by atoms with Gasteiger partial charge >= 0.3 is 0 Å². The quantitative estimate of drug-likeness (QED) is 0.811. The highest BCUT2D eigenvalue weighted by atomic mass is 32.2. The molecule has 0 radical (unpaired) electrons. The Morgan fingerprint density at radius 2 is 2.12 bits per heavy atom. The largest absolute Gasteiger partial charge is 0.369 e. The third kappa shape index (κ3) is 4.40. The number of hydrogen-bond acceptors (Lipinski definition) is 3. The minimum Gasteiger partial charge on any atom is -0.369 e. The molecule has 0 bridgehead atoms. The number of carbonyl (C=O) groups is 1. The number of aryl methyl sites for hydroxylation is 2. The zero-order chi connectivity index (χ0) is 12.8. The Balaban J connectivity index is 2.65. The fourth-order valence-corrected chi connectivity index (χ4v) is 2.52. The smallest absolute Gasteiger partial charge is 0.227 e. The van der Waals surface area contributed by atoms with E-state index >= 15 is 0 Å². The lowest BCUT2D eigenvalue weighted by Crippen LogP contribution is -2.21. The second kappa shape index (κ2) is 6.67. The summed E-state index contributed by atoms with van der Waals surface area (Å²) in [6.45, 7) is 4.22. The van der Waals surface area contributed by atoms with Gasteiger partial charge in [0.15, 0.2) is 0 Å². The van der Waals surface area contributed by atoms with Crippen molar-refractivity contribution >= 4 is 17.7 Å². The molecule has 1 unspecified atom stereocenters. The van der Waals surface area contributed by atoms with Gasteiger partial charge in [-0.3, -0.25) is 4.79 Å². The van der Waals surface area contributed by atoms with Gasteiger partial charge in [-0.1, -0.05) is 18.2 Å². The highest BCUT2D eigenvalue weighted by Gasteiger charge is 2.10. The molecular weight excluding hydrogens is 232 g/mol. The summed E-state index contributed by atoms with van der Waals surface area (Å²) in [4.78, 5) is 10.7. The van der Waals surface area contributed by atoms with Crippen molar-refractivity contribution in [3.8, 4) is 0 Å². The number of hydrogen-bond donors (Lipinski definition) is 2. The van der Waals surface area contributed by atoms with Crippen LogP contribution in [-0.4, -0.2) is 24.5 Å². The van der Waals surface area contributed by atoms with E-state index in [2.05, 4.69) is 37.4 Å². The molecule has 0 saturated carbocycles. The van der Waals surface area contributed by atoms with Crippen LogP contribution in [0.25, 0.3) is 0 Å². The van der Waals surface area contributed by atoms with Crippen molar-refractivity contribution in [1.29, 1.82) is 0 Å². The van der Waals surface area contributed by atoms with Gasteiger partial charge in [0.2, 0.25) is 5.91 Å². The van der Waals surface area contributed by atoms with E-state index in [1.165, 1.54) is 16.7 Å². The Labute approximate surface area is 107 Å². The molecule has 1 aromatic rings. The lowest BCUT2D eigenvalue weighted by atomic mass is 10.0. The van der Waals surface area contributed by atoms with E-state index in [1.54, 1.807) is 11.8 Å². The second-order valence-corrected chi connectivity index (χ2v) is 5.20. The molecular formula is C13H20N2OS. The summed E-state index contributed by atoms with van der Waals surface area (Å²) in [7, 11) is 1.94. The molecule has 0 aliphatic heterocycles. The highest BCUT2D eigenvalue weighted by Crippen LogP contribution is 2.20. The van der Waals surface area contributed by atoms with Crippen LogP contribution in [0.3, 0.4) is 0 Å². The van der Waals surface area contributed by atoms with Crippen LogP contribution in [0.5, 0.6) is 0 Å². The summed E-state index contributed by atoms with van der Waals surface area (Å²) < 4.78 is 0. The van der Waals surface area contributed by atoms with Gasteiger partial charge in [-0.2, -0.15) is 11.8 Å². The van der Waals surface area contributed by atoms with E-state index in [0.29, 0.717) is 5.75 Å². The number of nitrogens with two attached hydrogens (primary N) is 1. The summed E-state index contributed by atoms with van der Waals surface area (Å²) in [5, 5.41) is 3.27. The molecule has 1 atom stereocenters. The molecule has 1 rings (SSSR count). The van der Waals surface area contributed by atoms with Crippen molar-refractivity contribution in [3.05, 3.63) is 34.9 Å². The Bertz CT molecular complexity index is 393. The van der Waals surface area contributed by atoms with Crippen molar-refractivity contribution in [2.45, 2.75) is 19.9 Å². The average Bonchev–Trinajstić information content (AvgIpc) is 2.28. The monoisotopic (exact) mass is 252 g/mol. The van der Waals surface area contributed by atoms with Crippen LogP contribution in [-0.2, 0) is 4.79 Å². The first-order valence-electron chi connectivity index (χ1n) is 5.65. The van der Waals surface area contributed by atoms with Gasteiger partial charge in [0, 0.05) is 11.8 Å². The Morgan fingerprint density at radius 3 is 2.65 bits per heavy atom. The molecule has 0 spiro atoms. The van der Waals surface area contributed by atoms with Crippen LogP contribution >= 0.6 is 11.8 Å². The number of rotatable bonds is 6. The number of carbonyl (C=O) groups excluding carboxylic acids is 1. The standard InChI is InChI=1S/C13H20N2OS/c1-9-4-5-11(6-10(9)2)12(15-3)7-17-8-13(14)16/h4-6,12,15H,7-8H2,1-3H3,(H2,14,16). The van der Waals surface area contributed by atoms with Gasteiger partial charge in [0.25, 0.3) is 0 Å². The zero-order valence-corrected chi connectivity index (χ0v) is 11.4. The number of primary amides is 1. The predicted molar refractivity (Wildman–Crippen MR) is 74.2 cm³/mol. The molecule has 4 heteroatoms. The maximum Gasteiger partial charge on any atom is 0.227 e. The van der Waals surface area contributed by atoms with Crippen molar-refractivity contribution in [2.24, 2.45) is 5.73 Å². The van der Waals surface area contributed by atoms with Crippen LogP contribution in [0.1, 0.15) is 22.7 Å². The molecule has 0 aliphatic rings. The van der Waals surface area contributed by atoms with E-state index in [1.807, 2.05) is 7.05 Å². The molecule has 3 nitrogen and oxygen atoms in total. The lowest BCUT2D eigenvalue weighted by Gasteiger charge is -2.17. The van der Waals surface area contributed by atoms with Gasteiger partial charge in [-0.15, -0.1) is 0 Å². The summed E-state index contributed by atoms with van der Waals surface area (Å²) >= 11 is 1.56. The molecule has 0 fully saturated rings. The molecule has 0 aromatic heterocycles. The maximum absolute atomic E-state index is 10.7. The predicted octanol–water partition coefficient (Wildman–Crippen LogP) is 1.78. The third-order valence-corrected chi connectivity index (χ3v) is 3.87. The van der Waals surface area contributed by atoms with Gasteiger partial charge in [0.1, 0.15) is 0 Å². The molecule has 94 valence electrons. The fraction of sp³-hybridized carbons (Fsp3) is 0.462. The summed E-state index contributed by atoms with van der Waals surface area (Å²) in [6, 6.07) is 6.72. The first kappa shape index (κ1) is 14.1. The molecule has 3 N–H and O–H groups in total. The maximum atomic E-state index is 10.7. The molecule has 1 aromatic carbocycles. The fourth-order valence-electron chi connectivity index (χ4n) is 1.60. The highest BCUT2D eigenvalue weighted by molar-refractivity contribution is 7.99. The van der Waals surface area contributed by atoms with Crippen molar-refractivity contribution in [3.63, 3.8) is 0 Å². The van der Waals surface area contributed by atoms with Gasteiger partial charge in [-0.05, 0) is 37.6 Å². The van der Waals surface area contributed by atoms with E-state index < -0.39 is 0 Å². The van der Waals surface area contributed by atoms with Crippen molar-refractivity contribution < 1.29 is 4.79 Å². The number of benzene rings is 1. The summed E-state index contributed by atoms with van der Waals surface area (Å²) in [5.74, 6) is 0.968. The number of nitrogens with one attached hydrogen (secondary N) is 1. The number of amides is 1. The first-order valence-corrected chi connectivity index (χ1v) is 6.80. The van der Waals surface area contributed by atoms with Crippen LogP contribution in [0.4, 0.5) is 0 Å². The molecule has 1 amide bonds. The average molecular weight is 252 g/mol. The SMILES string of the molecule is CNC(CSCC(N)=O)c1ccc(C)c(C)c1. The Hall–Kier alpha value is -1.00. The molecule has 0 aliphatic carbocycles. The van der Waals surface area contributed by atoms with E-state index in [9.17, 15) is 4.79 Å². The second-order valence-electron chi connectivity index (χ2n) is 4.17. The molecule has 0 saturated heterocycles. The van der Waals surface area contributed by atoms with E-state index in [-0.39, 0.29) is 11.9 Å². The summed E-state index contributed by atoms with van der Waals surface area (Å²) in [5.41, 5.74) is 8.97. The van der Waals surface area contributed by atoms with Crippen molar-refractivity contribution in [2.75, 3.05) is 18.6 Å².